The van der Waals surface area contributed by atoms with E-state index < -0.39 is 0 Å². The molecular weight excluding hydrogens is 454 g/mol. The number of anilines is 2. The molecule has 2 atom stereocenters. The lowest BCUT2D eigenvalue weighted by Crippen LogP contribution is -2.30. The van der Waals surface area contributed by atoms with Crippen molar-refractivity contribution in [1.82, 2.24) is 4.98 Å². The second kappa shape index (κ2) is 8.91. The first kappa shape index (κ1) is 22.1. The summed E-state index contributed by atoms with van der Waals surface area (Å²) in [4.78, 5) is 44.3. The molecule has 1 saturated carbocycles. The van der Waals surface area contributed by atoms with E-state index in [0.717, 1.165) is 57.1 Å². The van der Waals surface area contributed by atoms with Gasteiger partial charge in [-0.25, -0.2) is 4.98 Å². The van der Waals surface area contributed by atoms with E-state index in [-0.39, 0.29) is 35.3 Å². The molecule has 2 heterocycles. The molecule has 1 saturated heterocycles. The molecule has 1 aliphatic carbocycles. The Bertz CT molecular complexity index is 1250. The van der Waals surface area contributed by atoms with E-state index in [0.29, 0.717) is 5.69 Å². The van der Waals surface area contributed by atoms with Crippen molar-refractivity contribution in [3.63, 3.8) is 0 Å². The van der Waals surface area contributed by atoms with Gasteiger partial charge in [-0.15, -0.1) is 11.3 Å². The fraction of sp³-hybridized carbons (Fsp3) is 0.360. The van der Waals surface area contributed by atoms with Crippen LogP contribution in [-0.2, 0) is 14.4 Å². The largest absolute Gasteiger partial charge is 0.325 e. The van der Waals surface area contributed by atoms with E-state index in [1.165, 1.54) is 28.0 Å². The molecule has 33 heavy (non-hydrogen) atoms. The normalized spacial score (nSPS) is 20.4. The number of fused-ring (bicyclic) bond motifs is 2. The highest BCUT2D eigenvalue weighted by Crippen LogP contribution is 2.41. The molecule has 1 aliphatic heterocycles. The summed E-state index contributed by atoms with van der Waals surface area (Å²) in [6.45, 7) is 3.97. The van der Waals surface area contributed by atoms with Gasteiger partial charge in [0.2, 0.25) is 17.7 Å². The minimum Gasteiger partial charge on any atom is -0.325 e. The molecule has 0 unspecified atom stereocenters. The van der Waals surface area contributed by atoms with Gasteiger partial charge in [-0.3, -0.25) is 19.3 Å². The van der Waals surface area contributed by atoms with Crippen molar-refractivity contribution in [2.75, 3.05) is 16.0 Å². The van der Waals surface area contributed by atoms with Crippen LogP contribution in [-0.4, -0.2) is 28.5 Å². The number of imide groups is 1. The Morgan fingerprint density at radius 3 is 2.55 bits per heavy atom. The molecule has 170 valence electrons. The van der Waals surface area contributed by atoms with E-state index in [1.807, 2.05) is 44.2 Å². The molecule has 6 nitrogen and oxygen atoms in total. The average Bonchev–Trinajstić information content (AvgIpc) is 3.33. The number of nitrogens with one attached hydrogen (secondary N) is 1. The van der Waals surface area contributed by atoms with Crippen LogP contribution in [0.25, 0.3) is 10.2 Å². The van der Waals surface area contributed by atoms with Gasteiger partial charge in [0, 0.05) is 5.69 Å². The lowest BCUT2D eigenvalue weighted by atomic mass is 9.81. The van der Waals surface area contributed by atoms with E-state index in [2.05, 4.69) is 10.3 Å². The van der Waals surface area contributed by atoms with Crippen LogP contribution in [0.4, 0.5) is 11.4 Å². The summed E-state index contributed by atoms with van der Waals surface area (Å²) in [5.74, 6) is -0.274. The van der Waals surface area contributed by atoms with Crippen molar-refractivity contribution in [2.24, 2.45) is 11.8 Å². The predicted octanol–water partition coefficient (Wildman–Crippen LogP) is 5.32. The molecule has 2 aliphatic rings. The van der Waals surface area contributed by atoms with Gasteiger partial charge in [0.15, 0.2) is 4.34 Å². The maximum atomic E-state index is 12.9. The quantitative estimate of drug-likeness (QED) is 0.396. The Labute approximate surface area is 200 Å². The Hall–Kier alpha value is -2.71. The smallest absolute Gasteiger partial charge is 0.237 e. The van der Waals surface area contributed by atoms with Crippen LogP contribution in [0, 0.1) is 25.7 Å². The number of aromatic nitrogens is 1. The van der Waals surface area contributed by atoms with Gasteiger partial charge in [0.25, 0.3) is 0 Å². The second-order valence-corrected chi connectivity index (χ2v) is 11.0. The first-order valence-corrected chi connectivity index (χ1v) is 13.0. The zero-order valence-electron chi connectivity index (χ0n) is 18.6. The molecule has 3 amide bonds. The average molecular weight is 480 g/mol. The van der Waals surface area contributed by atoms with Crippen LogP contribution in [0.15, 0.2) is 40.7 Å². The van der Waals surface area contributed by atoms with Crippen molar-refractivity contribution >= 4 is 62.4 Å². The van der Waals surface area contributed by atoms with Crippen LogP contribution in [0.2, 0.25) is 0 Å². The SMILES string of the molecule is Cc1ccc(C)c(NC(=O)CSc2nc3ccc(N4C(=O)[C@@H]5CCCC[C@H]5C4=O)cc3s2)c1. The Kier molecular flexibility index (Phi) is 5.97. The standard InChI is InChI=1S/C25H25N3O3S2/c1-14-7-8-15(2)20(11-14)26-22(29)13-32-25-27-19-10-9-16(12-21(19)33-25)28-23(30)17-5-3-4-6-18(17)24(28)31/h7-12,17-18H,3-6,13H2,1-2H3,(H,26,29)/t17-,18-/m1/s1. The third-order valence-corrected chi connectivity index (χ3v) is 8.61. The van der Waals surface area contributed by atoms with Crippen molar-refractivity contribution < 1.29 is 14.4 Å². The van der Waals surface area contributed by atoms with Gasteiger partial charge < -0.3 is 5.32 Å². The molecule has 1 N–H and O–H groups in total. The van der Waals surface area contributed by atoms with E-state index >= 15 is 0 Å². The summed E-state index contributed by atoms with van der Waals surface area (Å²) in [6, 6.07) is 11.5. The highest BCUT2D eigenvalue weighted by molar-refractivity contribution is 8.01. The van der Waals surface area contributed by atoms with Gasteiger partial charge in [0.05, 0.1) is 33.5 Å². The number of rotatable bonds is 5. The second-order valence-electron chi connectivity index (χ2n) is 8.80. The molecule has 2 aromatic carbocycles. The number of nitrogens with zero attached hydrogens (tertiary/aromatic N) is 2. The fourth-order valence-corrected chi connectivity index (χ4v) is 6.60. The van der Waals surface area contributed by atoms with Crippen molar-refractivity contribution in [1.29, 1.82) is 0 Å². The molecule has 3 aromatic rings. The number of thiazole rings is 1. The summed E-state index contributed by atoms with van der Waals surface area (Å²) in [5, 5.41) is 2.97. The Morgan fingerprint density at radius 2 is 1.82 bits per heavy atom. The number of hydrogen-bond acceptors (Lipinski definition) is 6. The van der Waals surface area contributed by atoms with Crippen LogP contribution in [0.1, 0.15) is 36.8 Å². The number of amides is 3. The summed E-state index contributed by atoms with van der Waals surface area (Å²) >= 11 is 2.86. The number of thioether (sulfide) groups is 1. The zero-order valence-corrected chi connectivity index (χ0v) is 20.2. The topological polar surface area (TPSA) is 79.4 Å². The Morgan fingerprint density at radius 1 is 1.09 bits per heavy atom. The van der Waals surface area contributed by atoms with Crippen molar-refractivity contribution in [3.8, 4) is 0 Å². The molecule has 0 radical (unpaired) electrons. The summed E-state index contributed by atoms with van der Waals surface area (Å²) in [7, 11) is 0. The maximum Gasteiger partial charge on any atom is 0.237 e. The van der Waals surface area contributed by atoms with Crippen LogP contribution < -0.4 is 10.2 Å². The highest BCUT2D eigenvalue weighted by Gasteiger charge is 2.48. The minimum absolute atomic E-state index is 0.0636. The van der Waals surface area contributed by atoms with E-state index in [9.17, 15) is 14.4 Å². The number of carbonyl (C=O) groups is 3. The first-order chi connectivity index (χ1) is 15.9. The highest BCUT2D eigenvalue weighted by atomic mass is 32.2. The number of hydrogen-bond donors (Lipinski definition) is 1. The molecule has 0 spiro atoms. The summed E-state index contributed by atoms with van der Waals surface area (Å²) in [5.41, 5.74) is 4.38. The lowest BCUT2D eigenvalue weighted by molar-refractivity contribution is -0.122. The van der Waals surface area contributed by atoms with Gasteiger partial charge >= 0.3 is 0 Å². The summed E-state index contributed by atoms with van der Waals surface area (Å²) in [6.07, 6.45) is 3.64. The zero-order chi connectivity index (χ0) is 23.1. The van der Waals surface area contributed by atoms with Gasteiger partial charge in [-0.05, 0) is 62.1 Å². The van der Waals surface area contributed by atoms with Crippen LogP contribution in [0.5, 0.6) is 0 Å². The molecule has 5 rings (SSSR count). The predicted molar refractivity (Wildman–Crippen MR) is 133 cm³/mol. The third-order valence-electron chi connectivity index (χ3n) is 6.45. The first-order valence-electron chi connectivity index (χ1n) is 11.2. The molecule has 8 heteroatoms. The number of carbonyl (C=O) groups excluding carboxylic acids is 3. The van der Waals surface area contributed by atoms with Gasteiger partial charge in [-0.2, -0.15) is 0 Å². The van der Waals surface area contributed by atoms with Crippen LogP contribution >= 0.6 is 23.1 Å². The molecule has 0 bridgehead atoms. The van der Waals surface area contributed by atoms with E-state index in [1.54, 1.807) is 6.07 Å². The monoisotopic (exact) mass is 479 g/mol. The fourth-order valence-electron chi connectivity index (χ4n) is 4.69. The summed E-state index contributed by atoms with van der Waals surface area (Å²) < 4.78 is 1.69. The van der Waals surface area contributed by atoms with E-state index in [4.69, 9.17) is 0 Å². The number of benzene rings is 2. The van der Waals surface area contributed by atoms with Gasteiger partial charge in [-0.1, -0.05) is 36.7 Å². The maximum absolute atomic E-state index is 12.9. The van der Waals surface area contributed by atoms with Crippen LogP contribution in [0.3, 0.4) is 0 Å². The van der Waals surface area contributed by atoms with Crippen molar-refractivity contribution in [3.05, 3.63) is 47.5 Å². The minimum atomic E-state index is -0.162. The third kappa shape index (κ3) is 4.29. The lowest BCUT2D eigenvalue weighted by Gasteiger charge is -2.19. The van der Waals surface area contributed by atoms with Crippen molar-refractivity contribution in [2.45, 2.75) is 43.9 Å². The van der Waals surface area contributed by atoms with Gasteiger partial charge in [0.1, 0.15) is 0 Å². The molecule has 2 fully saturated rings. The number of aryl methyl sites for hydroxylation is 2. The Balaban J connectivity index is 1.29. The molecule has 1 aromatic heterocycles. The molecular formula is C25H25N3O3S2.